The number of ether oxygens (including phenoxy) is 1. The van der Waals surface area contributed by atoms with Gasteiger partial charge in [0.2, 0.25) is 0 Å². The Labute approximate surface area is 213 Å². The first-order valence-electron chi connectivity index (χ1n) is 8.90. The minimum Gasteiger partial charge on any atom is -0.487 e. The number of nitriles is 1. The molecule has 8 heteroatoms. The number of hydrogen-bond acceptors (Lipinski definition) is 3. The van der Waals surface area contributed by atoms with Crippen LogP contribution in [-0.4, -0.2) is 5.91 Å². The van der Waals surface area contributed by atoms with Gasteiger partial charge >= 0.3 is 0 Å². The normalized spacial score (nSPS) is 11.0. The van der Waals surface area contributed by atoms with Crippen molar-refractivity contribution in [2.24, 2.45) is 0 Å². The molecule has 1 amide bonds. The molecule has 0 bridgehead atoms. The van der Waals surface area contributed by atoms with Gasteiger partial charge in [-0.15, -0.1) is 0 Å². The lowest BCUT2D eigenvalue weighted by Gasteiger charge is -2.12. The van der Waals surface area contributed by atoms with Crippen LogP contribution in [0, 0.1) is 11.3 Å². The van der Waals surface area contributed by atoms with Crippen LogP contribution in [0.5, 0.6) is 5.75 Å². The van der Waals surface area contributed by atoms with Crippen molar-refractivity contribution in [1.82, 2.24) is 0 Å². The number of nitrogens with one attached hydrogen (secondary N) is 1. The van der Waals surface area contributed by atoms with Crippen LogP contribution >= 0.6 is 63.7 Å². The Bertz CT molecular complexity index is 1140. The lowest BCUT2D eigenvalue weighted by atomic mass is 10.1. The minimum atomic E-state index is -0.479. The summed E-state index contributed by atoms with van der Waals surface area (Å²) in [6.45, 7) is 0.401. The molecule has 31 heavy (non-hydrogen) atoms. The average Bonchev–Trinajstić information content (AvgIpc) is 2.74. The lowest BCUT2D eigenvalue weighted by Crippen LogP contribution is -2.13. The Hall–Kier alpha value is -1.92. The molecule has 0 aliphatic rings. The third-order valence-corrected chi connectivity index (χ3v) is 6.33. The van der Waals surface area contributed by atoms with Gasteiger partial charge in [0.15, 0.2) is 0 Å². The zero-order valence-electron chi connectivity index (χ0n) is 15.8. The molecule has 0 spiro atoms. The number of benzene rings is 3. The Morgan fingerprint density at radius 1 is 0.935 bits per heavy atom. The topological polar surface area (TPSA) is 62.1 Å². The van der Waals surface area contributed by atoms with Crippen LogP contribution < -0.4 is 10.1 Å². The fraction of sp³-hybridized carbons (Fsp3) is 0.0435. The minimum absolute atomic E-state index is 0.00903. The second-order valence-corrected chi connectivity index (χ2v) is 9.90. The first-order chi connectivity index (χ1) is 14.9. The predicted octanol–water partition coefficient (Wildman–Crippen LogP) is 7.86. The summed E-state index contributed by atoms with van der Waals surface area (Å²) in [4.78, 5) is 12.5. The highest BCUT2D eigenvalue weighted by molar-refractivity contribution is 9.11. The van der Waals surface area contributed by atoms with Crippen LogP contribution in [0.15, 0.2) is 84.1 Å². The monoisotopic (exact) mass is 666 g/mol. The summed E-state index contributed by atoms with van der Waals surface area (Å²) >= 11 is 13.8. The molecule has 0 fully saturated rings. The van der Waals surface area contributed by atoms with Crippen LogP contribution in [0.2, 0.25) is 0 Å². The van der Waals surface area contributed by atoms with E-state index in [0.29, 0.717) is 32.6 Å². The summed E-state index contributed by atoms with van der Waals surface area (Å²) in [5.41, 5.74) is 2.30. The Kier molecular flexibility index (Phi) is 8.50. The van der Waals surface area contributed by atoms with E-state index in [1.807, 2.05) is 42.5 Å². The molecular weight excluding hydrogens is 656 g/mol. The number of rotatable bonds is 6. The third kappa shape index (κ3) is 6.78. The van der Waals surface area contributed by atoms with Gasteiger partial charge in [0.1, 0.15) is 24.0 Å². The molecule has 0 aromatic heterocycles. The number of anilines is 1. The fourth-order valence-electron chi connectivity index (χ4n) is 2.58. The van der Waals surface area contributed by atoms with Gasteiger partial charge in [-0.3, -0.25) is 4.79 Å². The summed E-state index contributed by atoms with van der Waals surface area (Å²) in [5.74, 6) is 0.158. The van der Waals surface area contributed by atoms with E-state index < -0.39 is 5.91 Å². The smallest absolute Gasteiger partial charge is 0.266 e. The average molecular weight is 670 g/mol. The molecule has 3 aromatic rings. The van der Waals surface area contributed by atoms with E-state index in [9.17, 15) is 10.1 Å². The standard InChI is InChI=1S/C23H14Br4N2O2/c24-17-3-1-14(2-4-17)13-31-22-20(26)10-15(11-21(22)27)9-16(12-28)23(30)29-19-7-5-18(25)6-8-19/h1-11H,13H2,(H,29,30)/b16-9-. The third-order valence-electron chi connectivity index (χ3n) is 4.10. The SMILES string of the molecule is N#C/C(=C/c1cc(Br)c(OCc2ccc(Br)cc2)c(Br)c1)C(=O)Nc1ccc(Br)cc1. The van der Waals surface area contributed by atoms with Crippen molar-refractivity contribution < 1.29 is 9.53 Å². The number of hydrogen-bond donors (Lipinski definition) is 1. The van der Waals surface area contributed by atoms with Gasteiger partial charge < -0.3 is 10.1 Å². The Morgan fingerprint density at radius 2 is 1.48 bits per heavy atom. The van der Waals surface area contributed by atoms with Crippen molar-refractivity contribution in [2.45, 2.75) is 6.61 Å². The van der Waals surface area contributed by atoms with E-state index in [1.54, 1.807) is 24.3 Å². The van der Waals surface area contributed by atoms with Crippen molar-refractivity contribution in [3.63, 3.8) is 0 Å². The molecule has 0 saturated carbocycles. The first kappa shape index (κ1) is 23.7. The molecule has 0 saturated heterocycles. The van der Waals surface area contributed by atoms with E-state index in [-0.39, 0.29) is 5.57 Å². The van der Waals surface area contributed by atoms with Crippen LogP contribution in [0.4, 0.5) is 5.69 Å². The summed E-state index contributed by atoms with van der Waals surface area (Å²) in [7, 11) is 0. The maximum Gasteiger partial charge on any atom is 0.266 e. The second kappa shape index (κ2) is 11.1. The van der Waals surface area contributed by atoms with Gasteiger partial charge in [-0.25, -0.2) is 0 Å². The van der Waals surface area contributed by atoms with Crippen molar-refractivity contribution in [1.29, 1.82) is 5.26 Å². The fourth-order valence-corrected chi connectivity index (χ4v) is 4.56. The van der Waals surface area contributed by atoms with E-state index in [0.717, 1.165) is 14.5 Å². The maximum absolute atomic E-state index is 12.5. The number of halogens is 4. The summed E-state index contributed by atoms with van der Waals surface area (Å²) in [6, 6.07) is 20.6. The number of nitrogens with zero attached hydrogens (tertiary/aromatic N) is 1. The molecule has 0 aliphatic heterocycles. The molecule has 0 heterocycles. The van der Waals surface area contributed by atoms with E-state index in [1.165, 1.54) is 6.08 Å². The Balaban J connectivity index is 1.76. The maximum atomic E-state index is 12.5. The Morgan fingerprint density at radius 3 is 2.03 bits per heavy atom. The zero-order valence-corrected chi connectivity index (χ0v) is 22.2. The summed E-state index contributed by atoms with van der Waals surface area (Å²) in [6.07, 6.45) is 1.53. The van der Waals surface area contributed by atoms with Gasteiger partial charge in [0.05, 0.1) is 8.95 Å². The highest BCUT2D eigenvalue weighted by Gasteiger charge is 2.13. The molecule has 3 aromatic carbocycles. The molecule has 4 nitrogen and oxygen atoms in total. The number of amides is 1. The van der Waals surface area contributed by atoms with E-state index in [2.05, 4.69) is 69.0 Å². The van der Waals surface area contributed by atoms with E-state index in [4.69, 9.17) is 4.74 Å². The number of carbonyl (C=O) groups is 1. The van der Waals surface area contributed by atoms with Crippen LogP contribution in [-0.2, 0) is 11.4 Å². The second-order valence-electron chi connectivity index (χ2n) is 6.36. The van der Waals surface area contributed by atoms with Gasteiger partial charge in [0.25, 0.3) is 5.91 Å². The number of carbonyl (C=O) groups excluding carboxylic acids is 1. The highest BCUT2D eigenvalue weighted by atomic mass is 79.9. The lowest BCUT2D eigenvalue weighted by molar-refractivity contribution is -0.112. The molecule has 156 valence electrons. The highest BCUT2D eigenvalue weighted by Crippen LogP contribution is 2.36. The predicted molar refractivity (Wildman–Crippen MR) is 137 cm³/mol. The van der Waals surface area contributed by atoms with Crippen LogP contribution in [0.3, 0.4) is 0 Å². The molecule has 3 rings (SSSR count). The van der Waals surface area contributed by atoms with Gasteiger partial charge in [0, 0.05) is 14.6 Å². The molecule has 1 N–H and O–H groups in total. The van der Waals surface area contributed by atoms with Crippen LogP contribution in [0.1, 0.15) is 11.1 Å². The van der Waals surface area contributed by atoms with Gasteiger partial charge in [-0.2, -0.15) is 5.26 Å². The van der Waals surface area contributed by atoms with Crippen molar-refractivity contribution in [3.05, 3.63) is 95.3 Å². The van der Waals surface area contributed by atoms with Crippen LogP contribution in [0.25, 0.3) is 6.08 Å². The van der Waals surface area contributed by atoms with Crippen molar-refractivity contribution in [3.8, 4) is 11.8 Å². The van der Waals surface area contributed by atoms with Gasteiger partial charge in [-0.05, 0) is 97.6 Å². The first-order valence-corrected chi connectivity index (χ1v) is 12.1. The molecular formula is C23H14Br4N2O2. The summed E-state index contributed by atoms with van der Waals surface area (Å²) in [5, 5.41) is 12.2. The molecule has 0 atom stereocenters. The van der Waals surface area contributed by atoms with Gasteiger partial charge in [-0.1, -0.05) is 44.0 Å². The summed E-state index contributed by atoms with van der Waals surface area (Å²) < 4.78 is 9.26. The molecule has 0 radical (unpaired) electrons. The van der Waals surface area contributed by atoms with Crippen molar-refractivity contribution >= 4 is 81.4 Å². The quantitative estimate of drug-likeness (QED) is 0.215. The zero-order chi connectivity index (χ0) is 22.4. The molecule has 0 aliphatic carbocycles. The van der Waals surface area contributed by atoms with E-state index >= 15 is 0 Å². The molecule has 0 unspecified atom stereocenters. The largest absolute Gasteiger partial charge is 0.487 e. The van der Waals surface area contributed by atoms with Crippen molar-refractivity contribution in [2.75, 3.05) is 5.32 Å².